The number of ether oxygens (including phenoxy) is 3. The summed E-state index contributed by atoms with van der Waals surface area (Å²) in [5.74, 6) is 0.795. The highest BCUT2D eigenvalue weighted by Crippen LogP contribution is 2.40. The predicted octanol–water partition coefficient (Wildman–Crippen LogP) is 8.10. The SMILES string of the molecule is CCOc1ccc(/C(=C/O[C@@H](c2cccc(Oc3ccccc3)c2)C(F)(F)F)C(F)(F)F)cc1. The Bertz CT molecular complexity index is 1090. The first-order valence-corrected chi connectivity index (χ1v) is 10.1. The summed E-state index contributed by atoms with van der Waals surface area (Å²) in [6.07, 6.45) is -12.5. The zero-order valence-corrected chi connectivity index (χ0v) is 17.9. The van der Waals surface area contributed by atoms with E-state index in [1.54, 1.807) is 37.3 Å². The lowest BCUT2D eigenvalue weighted by Crippen LogP contribution is -2.23. The van der Waals surface area contributed by atoms with Crippen molar-refractivity contribution in [3.63, 3.8) is 0 Å². The topological polar surface area (TPSA) is 27.7 Å². The van der Waals surface area contributed by atoms with Gasteiger partial charge in [0.05, 0.1) is 18.4 Å². The molecule has 9 heteroatoms. The zero-order valence-electron chi connectivity index (χ0n) is 17.9. The van der Waals surface area contributed by atoms with E-state index >= 15 is 0 Å². The van der Waals surface area contributed by atoms with Gasteiger partial charge in [-0.05, 0) is 48.9 Å². The first-order valence-electron chi connectivity index (χ1n) is 10.1. The van der Waals surface area contributed by atoms with Crippen LogP contribution < -0.4 is 9.47 Å². The van der Waals surface area contributed by atoms with Gasteiger partial charge in [0.25, 0.3) is 0 Å². The molecule has 0 fully saturated rings. The van der Waals surface area contributed by atoms with Crippen LogP contribution in [0.15, 0.2) is 85.1 Å². The Balaban J connectivity index is 1.91. The predicted molar refractivity (Wildman–Crippen MR) is 114 cm³/mol. The van der Waals surface area contributed by atoms with Crippen LogP contribution in [0.3, 0.4) is 0 Å². The van der Waals surface area contributed by atoms with Gasteiger partial charge in [0.2, 0.25) is 6.10 Å². The summed E-state index contributed by atoms with van der Waals surface area (Å²) < 4.78 is 97.6. The summed E-state index contributed by atoms with van der Waals surface area (Å²) in [6.45, 7) is 2.02. The molecule has 1 atom stereocenters. The Labute approximate surface area is 192 Å². The monoisotopic (exact) mass is 482 g/mol. The van der Waals surface area contributed by atoms with Gasteiger partial charge in [-0.1, -0.05) is 42.5 Å². The molecule has 0 radical (unpaired) electrons. The van der Waals surface area contributed by atoms with Crippen molar-refractivity contribution in [2.75, 3.05) is 6.61 Å². The molecule has 0 unspecified atom stereocenters. The lowest BCUT2D eigenvalue weighted by molar-refractivity contribution is -0.209. The highest BCUT2D eigenvalue weighted by atomic mass is 19.4. The average Bonchev–Trinajstić information content (AvgIpc) is 2.77. The van der Waals surface area contributed by atoms with Crippen LogP contribution in [0.2, 0.25) is 0 Å². The van der Waals surface area contributed by atoms with Gasteiger partial charge in [-0.2, -0.15) is 26.3 Å². The van der Waals surface area contributed by atoms with Crippen molar-refractivity contribution in [3.8, 4) is 17.2 Å². The molecule has 0 saturated carbocycles. The van der Waals surface area contributed by atoms with E-state index in [-0.39, 0.29) is 17.6 Å². The fraction of sp³-hybridized carbons (Fsp3) is 0.200. The van der Waals surface area contributed by atoms with Crippen molar-refractivity contribution >= 4 is 5.57 Å². The van der Waals surface area contributed by atoms with E-state index in [2.05, 4.69) is 0 Å². The highest BCUT2D eigenvalue weighted by Gasteiger charge is 2.44. The first kappa shape index (κ1) is 25.0. The summed E-state index contributed by atoms with van der Waals surface area (Å²) in [7, 11) is 0. The number of hydrogen-bond acceptors (Lipinski definition) is 3. The lowest BCUT2D eigenvalue weighted by atomic mass is 10.1. The Morgan fingerprint density at radius 2 is 1.44 bits per heavy atom. The molecule has 0 heterocycles. The fourth-order valence-corrected chi connectivity index (χ4v) is 3.04. The Kier molecular flexibility index (Phi) is 7.75. The van der Waals surface area contributed by atoms with Crippen molar-refractivity contribution < 1.29 is 40.6 Å². The van der Waals surface area contributed by atoms with Crippen LogP contribution in [0.1, 0.15) is 24.2 Å². The van der Waals surface area contributed by atoms with Crippen LogP contribution >= 0.6 is 0 Å². The third-order valence-corrected chi connectivity index (χ3v) is 4.54. The molecule has 0 amide bonds. The minimum atomic E-state index is -4.99. The second kappa shape index (κ2) is 10.5. The number of alkyl halides is 6. The van der Waals surface area contributed by atoms with Crippen molar-refractivity contribution in [2.45, 2.75) is 25.4 Å². The van der Waals surface area contributed by atoms with Gasteiger partial charge in [-0.3, -0.25) is 0 Å². The maximum atomic E-state index is 13.8. The third-order valence-electron chi connectivity index (χ3n) is 4.54. The minimum absolute atomic E-state index is 0.0769. The number of halogens is 6. The molecule has 0 aliphatic rings. The second-order valence-corrected chi connectivity index (χ2v) is 7.03. The Morgan fingerprint density at radius 3 is 2.03 bits per heavy atom. The van der Waals surface area contributed by atoms with Gasteiger partial charge >= 0.3 is 12.4 Å². The number of allylic oxidation sites excluding steroid dienone is 1. The summed E-state index contributed by atoms with van der Waals surface area (Å²) in [4.78, 5) is 0. The fourth-order valence-electron chi connectivity index (χ4n) is 3.04. The van der Waals surface area contributed by atoms with E-state index in [4.69, 9.17) is 14.2 Å². The smallest absolute Gasteiger partial charge is 0.429 e. The normalized spacial score (nSPS) is 13.3. The molecule has 3 aromatic rings. The number of para-hydroxylation sites is 1. The summed E-state index contributed by atoms with van der Waals surface area (Å²) in [5.41, 5.74) is -2.13. The van der Waals surface area contributed by atoms with Crippen LogP contribution in [0, 0.1) is 0 Å². The first-order chi connectivity index (χ1) is 16.1. The minimum Gasteiger partial charge on any atom is -0.494 e. The molecule has 0 aliphatic carbocycles. The molecule has 0 bridgehead atoms. The molecule has 34 heavy (non-hydrogen) atoms. The van der Waals surface area contributed by atoms with Gasteiger partial charge in [0.1, 0.15) is 17.2 Å². The van der Waals surface area contributed by atoms with Gasteiger partial charge in [0, 0.05) is 5.56 Å². The highest BCUT2D eigenvalue weighted by molar-refractivity contribution is 5.69. The Morgan fingerprint density at radius 1 is 0.794 bits per heavy atom. The molecular formula is C25H20F6O3. The van der Waals surface area contributed by atoms with E-state index in [0.717, 1.165) is 24.3 Å². The van der Waals surface area contributed by atoms with Crippen LogP contribution in [0.5, 0.6) is 17.2 Å². The quantitative estimate of drug-likeness (QED) is 0.240. The standard InChI is InChI=1S/C25H20F6O3/c1-2-32-19-13-11-17(12-14-19)22(24(26,27)28)16-33-23(25(29,30)31)18-7-6-10-21(15-18)34-20-8-4-3-5-9-20/h3-16,23H,2H2,1H3/b22-16-/t23-/m0/s1. The van der Waals surface area contributed by atoms with Crippen LogP contribution in [-0.2, 0) is 4.74 Å². The lowest BCUT2D eigenvalue weighted by Gasteiger charge is -2.22. The summed E-state index contributed by atoms with van der Waals surface area (Å²) in [5, 5.41) is 0. The molecule has 0 spiro atoms. The zero-order chi connectivity index (χ0) is 24.8. The molecule has 3 aromatic carbocycles. The molecule has 0 saturated heterocycles. The number of benzene rings is 3. The van der Waals surface area contributed by atoms with E-state index in [0.29, 0.717) is 18.1 Å². The molecule has 0 N–H and O–H groups in total. The van der Waals surface area contributed by atoms with E-state index in [1.807, 2.05) is 0 Å². The van der Waals surface area contributed by atoms with E-state index < -0.39 is 29.6 Å². The van der Waals surface area contributed by atoms with Crippen molar-refractivity contribution in [3.05, 3.63) is 96.3 Å². The molecule has 0 aromatic heterocycles. The van der Waals surface area contributed by atoms with E-state index in [9.17, 15) is 26.3 Å². The average molecular weight is 482 g/mol. The molecule has 0 aliphatic heterocycles. The van der Waals surface area contributed by atoms with Gasteiger partial charge in [-0.25, -0.2) is 0 Å². The summed E-state index contributed by atoms with van der Waals surface area (Å²) in [6, 6.07) is 18.0. The van der Waals surface area contributed by atoms with Gasteiger partial charge in [0.15, 0.2) is 0 Å². The second-order valence-electron chi connectivity index (χ2n) is 7.03. The number of rotatable bonds is 8. The number of hydrogen-bond donors (Lipinski definition) is 0. The maximum Gasteiger partial charge on any atom is 0.429 e. The van der Waals surface area contributed by atoms with Crippen LogP contribution in [-0.4, -0.2) is 19.0 Å². The largest absolute Gasteiger partial charge is 0.494 e. The molecule has 3 rings (SSSR count). The van der Waals surface area contributed by atoms with Gasteiger partial charge < -0.3 is 14.2 Å². The van der Waals surface area contributed by atoms with Crippen molar-refractivity contribution in [2.24, 2.45) is 0 Å². The molecule has 180 valence electrons. The Hall–Kier alpha value is -3.62. The van der Waals surface area contributed by atoms with Crippen LogP contribution in [0.4, 0.5) is 26.3 Å². The van der Waals surface area contributed by atoms with E-state index in [1.165, 1.54) is 24.3 Å². The maximum absolute atomic E-state index is 13.8. The van der Waals surface area contributed by atoms with Gasteiger partial charge in [-0.15, -0.1) is 0 Å². The molecular weight excluding hydrogens is 462 g/mol. The summed E-state index contributed by atoms with van der Waals surface area (Å²) >= 11 is 0. The third kappa shape index (κ3) is 6.69. The van der Waals surface area contributed by atoms with Crippen molar-refractivity contribution in [1.29, 1.82) is 0 Å². The molecule has 3 nitrogen and oxygen atoms in total. The van der Waals surface area contributed by atoms with Crippen molar-refractivity contribution in [1.82, 2.24) is 0 Å². The van der Waals surface area contributed by atoms with Crippen LogP contribution in [0.25, 0.3) is 5.57 Å².